The van der Waals surface area contributed by atoms with Crippen molar-refractivity contribution in [2.24, 2.45) is 0 Å². The van der Waals surface area contributed by atoms with E-state index in [2.05, 4.69) is 9.71 Å². The summed E-state index contributed by atoms with van der Waals surface area (Å²) in [6, 6.07) is 1.14. The Hall–Kier alpha value is -0.410. The van der Waals surface area contributed by atoms with Gasteiger partial charge in [-0.1, -0.05) is 23.2 Å². The van der Waals surface area contributed by atoms with Gasteiger partial charge in [0.1, 0.15) is 19.9 Å². The minimum absolute atomic E-state index is 0.00246. The number of sulfonamides is 1. The lowest BCUT2D eigenvalue weighted by atomic mass is 10.5. The number of aromatic nitrogens is 1. The largest absolute Gasteiger partial charge is 0.242 e. The first-order valence-electron chi connectivity index (χ1n) is 4.60. The van der Waals surface area contributed by atoms with Crippen molar-refractivity contribution in [3.05, 3.63) is 22.4 Å². The second-order valence-corrected chi connectivity index (χ2v) is 8.26. The van der Waals surface area contributed by atoms with E-state index in [-0.39, 0.29) is 27.4 Å². The van der Waals surface area contributed by atoms with E-state index in [4.69, 9.17) is 23.2 Å². The van der Waals surface area contributed by atoms with Crippen LogP contribution in [0.15, 0.2) is 17.2 Å². The molecule has 0 radical (unpaired) electrons. The Kier molecular flexibility index (Phi) is 4.96. The molecular formula is C8H10Cl2N2O4S2. The molecule has 0 aliphatic heterocycles. The van der Waals surface area contributed by atoms with Crippen LogP contribution in [-0.4, -0.2) is 40.4 Å². The van der Waals surface area contributed by atoms with E-state index in [0.717, 1.165) is 18.5 Å². The number of hydrogen-bond acceptors (Lipinski definition) is 5. The third kappa shape index (κ3) is 4.69. The summed E-state index contributed by atoms with van der Waals surface area (Å²) in [5.74, 6) is -0.291. The first kappa shape index (κ1) is 15.6. The zero-order chi connectivity index (χ0) is 14.0. The van der Waals surface area contributed by atoms with Crippen LogP contribution < -0.4 is 4.72 Å². The maximum atomic E-state index is 11.7. The molecule has 0 spiro atoms. The third-order valence-electron chi connectivity index (χ3n) is 1.85. The fourth-order valence-corrected chi connectivity index (χ4v) is 2.93. The summed E-state index contributed by atoms with van der Waals surface area (Å²) in [5.41, 5.74) is 0. The van der Waals surface area contributed by atoms with Gasteiger partial charge < -0.3 is 0 Å². The summed E-state index contributed by atoms with van der Waals surface area (Å²) < 4.78 is 47.3. The Labute approximate surface area is 115 Å². The zero-order valence-corrected chi connectivity index (χ0v) is 12.4. The van der Waals surface area contributed by atoms with Gasteiger partial charge in [-0.25, -0.2) is 26.5 Å². The van der Waals surface area contributed by atoms with Crippen molar-refractivity contribution in [3.63, 3.8) is 0 Å². The maximum Gasteiger partial charge on any atom is 0.242 e. The van der Waals surface area contributed by atoms with Crippen molar-refractivity contribution >= 4 is 43.1 Å². The maximum absolute atomic E-state index is 11.7. The molecule has 1 aromatic heterocycles. The highest BCUT2D eigenvalue weighted by molar-refractivity contribution is 7.91. The molecule has 102 valence electrons. The quantitative estimate of drug-likeness (QED) is 0.801. The van der Waals surface area contributed by atoms with Crippen LogP contribution in [0.2, 0.25) is 10.2 Å². The van der Waals surface area contributed by atoms with E-state index in [1.54, 1.807) is 0 Å². The molecule has 0 bridgehead atoms. The Morgan fingerprint density at radius 3 is 2.39 bits per heavy atom. The molecule has 0 atom stereocenters. The molecule has 0 unspecified atom stereocenters. The molecule has 18 heavy (non-hydrogen) atoms. The number of pyridine rings is 1. The summed E-state index contributed by atoms with van der Waals surface area (Å²) in [7, 11) is -7.08. The summed E-state index contributed by atoms with van der Waals surface area (Å²) in [5, 5.41) is -0.00518. The van der Waals surface area contributed by atoms with Gasteiger partial charge >= 0.3 is 0 Å². The fourth-order valence-electron chi connectivity index (χ4n) is 0.995. The van der Waals surface area contributed by atoms with Gasteiger partial charge in [0.15, 0.2) is 0 Å². The average molecular weight is 333 g/mol. The lowest BCUT2D eigenvalue weighted by molar-refractivity contribution is 0.581. The number of hydrogen-bond donors (Lipinski definition) is 1. The molecule has 0 aromatic carbocycles. The second-order valence-electron chi connectivity index (χ2n) is 3.47. The minimum Gasteiger partial charge on any atom is -0.242 e. The third-order valence-corrected chi connectivity index (χ3v) is 4.91. The first-order chi connectivity index (χ1) is 8.12. The lowest BCUT2D eigenvalue weighted by Crippen LogP contribution is -2.29. The standard InChI is InChI=1S/C8H10Cl2N2O4S2/c1-17(13,14)3-2-12-18(15,16)6-4-7(9)8(10)11-5-6/h4-5,12H,2-3H2,1H3. The Morgan fingerprint density at radius 2 is 1.89 bits per heavy atom. The molecule has 10 heteroatoms. The van der Waals surface area contributed by atoms with E-state index in [0.29, 0.717) is 0 Å². The highest BCUT2D eigenvalue weighted by atomic mass is 35.5. The SMILES string of the molecule is CS(=O)(=O)CCNS(=O)(=O)c1cnc(Cl)c(Cl)c1. The second kappa shape index (κ2) is 5.70. The van der Waals surface area contributed by atoms with Gasteiger partial charge in [0.25, 0.3) is 0 Å². The van der Waals surface area contributed by atoms with Gasteiger partial charge in [0.05, 0.1) is 10.8 Å². The Bertz CT molecular complexity index is 643. The number of nitrogens with one attached hydrogen (secondary N) is 1. The molecule has 1 heterocycles. The number of sulfone groups is 1. The van der Waals surface area contributed by atoms with Crippen LogP contribution in [0.25, 0.3) is 0 Å². The van der Waals surface area contributed by atoms with Crippen molar-refractivity contribution in [2.75, 3.05) is 18.6 Å². The van der Waals surface area contributed by atoms with Gasteiger partial charge in [0.2, 0.25) is 10.0 Å². The molecule has 0 aliphatic rings. The summed E-state index contributed by atoms with van der Waals surface area (Å²) in [6.45, 7) is -0.221. The summed E-state index contributed by atoms with van der Waals surface area (Å²) in [6.07, 6.45) is 2.05. The summed E-state index contributed by atoms with van der Waals surface area (Å²) >= 11 is 11.2. The molecule has 0 saturated carbocycles. The molecule has 0 amide bonds. The number of rotatable bonds is 5. The van der Waals surface area contributed by atoms with Crippen LogP contribution in [0.3, 0.4) is 0 Å². The van der Waals surface area contributed by atoms with Crippen molar-refractivity contribution in [1.82, 2.24) is 9.71 Å². The molecule has 0 aliphatic carbocycles. The molecular weight excluding hydrogens is 323 g/mol. The van der Waals surface area contributed by atoms with E-state index < -0.39 is 19.9 Å². The molecule has 0 saturated heterocycles. The van der Waals surface area contributed by atoms with Crippen LogP contribution in [0, 0.1) is 0 Å². The Morgan fingerprint density at radius 1 is 1.28 bits per heavy atom. The van der Waals surface area contributed by atoms with E-state index in [9.17, 15) is 16.8 Å². The van der Waals surface area contributed by atoms with Gasteiger partial charge in [0, 0.05) is 19.0 Å². The van der Waals surface area contributed by atoms with E-state index in [1.807, 2.05) is 0 Å². The van der Waals surface area contributed by atoms with Gasteiger partial charge in [-0.2, -0.15) is 0 Å². The number of nitrogens with zero attached hydrogens (tertiary/aromatic N) is 1. The number of halogens is 2. The molecule has 1 N–H and O–H groups in total. The smallest absolute Gasteiger partial charge is 0.242 e. The fraction of sp³-hybridized carbons (Fsp3) is 0.375. The van der Waals surface area contributed by atoms with Gasteiger partial charge in [-0.3, -0.25) is 0 Å². The highest BCUT2D eigenvalue weighted by Crippen LogP contribution is 2.21. The average Bonchev–Trinajstić information content (AvgIpc) is 2.19. The van der Waals surface area contributed by atoms with Crippen molar-refractivity contribution in [3.8, 4) is 0 Å². The summed E-state index contributed by atoms with van der Waals surface area (Å²) in [4.78, 5) is 3.42. The lowest BCUT2D eigenvalue weighted by Gasteiger charge is -2.06. The monoisotopic (exact) mass is 332 g/mol. The predicted molar refractivity (Wildman–Crippen MR) is 69.2 cm³/mol. The predicted octanol–water partition coefficient (Wildman–Crippen LogP) is 0.711. The van der Waals surface area contributed by atoms with Crippen LogP contribution in [0.4, 0.5) is 0 Å². The van der Waals surface area contributed by atoms with Crippen molar-refractivity contribution < 1.29 is 16.8 Å². The topological polar surface area (TPSA) is 93.2 Å². The van der Waals surface area contributed by atoms with Gasteiger partial charge in [-0.15, -0.1) is 0 Å². The van der Waals surface area contributed by atoms with E-state index >= 15 is 0 Å². The molecule has 1 rings (SSSR count). The van der Waals surface area contributed by atoms with Crippen LogP contribution in [0.5, 0.6) is 0 Å². The van der Waals surface area contributed by atoms with Gasteiger partial charge in [-0.05, 0) is 6.07 Å². The molecule has 1 aromatic rings. The van der Waals surface area contributed by atoms with Crippen LogP contribution in [0.1, 0.15) is 0 Å². The normalized spacial score (nSPS) is 12.6. The van der Waals surface area contributed by atoms with Crippen LogP contribution >= 0.6 is 23.2 Å². The first-order valence-corrected chi connectivity index (χ1v) is 8.90. The van der Waals surface area contributed by atoms with Crippen molar-refractivity contribution in [2.45, 2.75) is 4.90 Å². The Balaban J connectivity index is 2.84. The van der Waals surface area contributed by atoms with E-state index in [1.165, 1.54) is 0 Å². The highest BCUT2D eigenvalue weighted by Gasteiger charge is 2.16. The van der Waals surface area contributed by atoms with Crippen LogP contribution in [-0.2, 0) is 19.9 Å². The minimum atomic E-state index is -3.84. The molecule has 6 nitrogen and oxygen atoms in total. The zero-order valence-electron chi connectivity index (χ0n) is 9.22. The molecule has 0 fully saturated rings. The van der Waals surface area contributed by atoms with Crippen molar-refractivity contribution in [1.29, 1.82) is 0 Å².